The van der Waals surface area contributed by atoms with Crippen molar-refractivity contribution in [1.82, 2.24) is 15.5 Å². The second-order valence-electron chi connectivity index (χ2n) is 5.20. The van der Waals surface area contributed by atoms with Crippen LogP contribution in [0.5, 0.6) is 0 Å². The van der Waals surface area contributed by atoms with Gasteiger partial charge in [-0.3, -0.25) is 5.10 Å². The van der Waals surface area contributed by atoms with Crippen molar-refractivity contribution in [2.24, 2.45) is 0 Å². The van der Waals surface area contributed by atoms with Crippen LogP contribution in [0, 0.1) is 0 Å². The zero-order chi connectivity index (χ0) is 13.6. The molecule has 0 aliphatic carbocycles. The summed E-state index contributed by atoms with van der Waals surface area (Å²) in [7, 11) is 0. The number of rotatable bonds is 6. The minimum atomic E-state index is 0.456. The summed E-state index contributed by atoms with van der Waals surface area (Å²) in [5.41, 5.74) is 2.37. The van der Waals surface area contributed by atoms with Gasteiger partial charge in [-0.15, -0.1) is 11.3 Å². The van der Waals surface area contributed by atoms with Crippen molar-refractivity contribution in [3.8, 4) is 10.6 Å². The van der Waals surface area contributed by atoms with Crippen molar-refractivity contribution in [1.29, 1.82) is 0 Å². The molecule has 2 N–H and O–H groups in total. The first-order chi connectivity index (χ1) is 9.93. The lowest BCUT2D eigenvalue weighted by molar-refractivity contribution is 0.0115. The van der Waals surface area contributed by atoms with Gasteiger partial charge in [-0.25, -0.2) is 0 Å². The van der Waals surface area contributed by atoms with Crippen molar-refractivity contribution >= 4 is 11.3 Å². The quantitative estimate of drug-likeness (QED) is 0.804. The minimum absolute atomic E-state index is 0.456. The van der Waals surface area contributed by atoms with E-state index in [0.717, 1.165) is 31.8 Å². The van der Waals surface area contributed by atoms with E-state index in [0.29, 0.717) is 6.10 Å². The highest BCUT2D eigenvalue weighted by Gasteiger charge is 2.13. The molecule has 5 heteroatoms. The Balaban J connectivity index is 1.46. The predicted octanol–water partition coefficient (Wildman–Crippen LogP) is 3.19. The number of ether oxygens (including phenoxy) is 1. The van der Waals surface area contributed by atoms with E-state index in [2.05, 4.69) is 33.0 Å². The zero-order valence-corrected chi connectivity index (χ0v) is 12.4. The van der Waals surface area contributed by atoms with Crippen LogP contribution in [0.3, 0.4) is 0 Å². The molecule has 1 unspecified atom stereocenters. The Hall–Kier alpha value is -1.17. The van der Waals surface area contributed by atoms with E-state index in [-0.39, 0.29) is 0 Å². The summed E-state index contributed by atoms with van der Waals surface area (Å²) in [5, 5.41) is 12.9. The summed E-state index contributed by atoms with van der Waals surface area (Å²) in [5.74, 6) is 0. The van der Waals surface area contributed by atoms with Crippen LogP contribution in [0.15, 0.2) is 23.7 Å². The Morgan fingerprint density at radius 2 is 2.45 bits per heavy atom. The molecule has 0 radical (unpaired) electrons. The fourth-order valence-electron chi connectivity index (χ4n) is 2.60. The van der Waals surface area contributed by atoms with Crippen molar-refractivity contribution < 1.29 is 4.74 Å². The summed E-state index contributed by atoms with van der Waals surface area (Å²) in [6.45, 7) is 2.80. The Labute approximate surface area is 123 Å². The number of thiophene rings is 1. The first-order valence-electron chi connectivity index (χ1n) is 7.32. The van der Waals surface area contributed by atoms with Gasteiger partial charge >= 0.3 is 0 Å². The molecule has 1 aliphatic heterocycles. The third-order valence-corrected chi connectivity index (χ3v) is 4.61. The van der Waals surface area contributed by atoms with Gasteiger partial charge in [0, 0.05) is 18.7 Å². The zero-order valence-electron chi connectivity index (χ0n) is 11.6. The van der Waals surface area contributed by atoms with Crippen molar-refractivity contribution in [2.45, 2.75) is 38.3 Å². The van der Waals surface area contributed by atoms with Gasteiger partial charge in [0.2, 0.25) is 0 Å². The van der Waals surface area contributed by atoms with E-state index in [1.165, 1.54) is 29.7 Å². The Bertz CT molecular complexity index is 503. The first kappa shape index (κ1) is 13.8. The smallest absolute Gasteiger partial charge is 0.0794 e. The summed E-state index contributed by atoms with van der Waals surface area (Å²) in [4.78, 5) is 1.25. The highest BCUT2D eigenvalue weighted by molar-refractivity contribution is 7.13. The van der Waals surface area contributed by atoms with Crippen molar-refractivity contribution in [3.63, 3.8) is 0 Å². The van der Waals surface area contributed by atoms with Crippen LogP contribution in [0.1, 0.15) is 31.2 Å². The van der Waals surface area contributed by atoms with E-state index in [9.17, 15) is 0 Å². The van der Waals surface area contributed by atoms with Crippen LogP contribution >= 0.6 is 11.3 Å². The van der Waals surface area contributed by atoms with Crippen LogP contribution in [-0.4, -0.2) is 29.5 Å². The Kier molecular flexibility index (Phi) is 4.84. The van der Waals surface area contributed by atoms with Crippen molar-refractivity contribution in [2.75, 3.05) is 13.2 Å². The lowest BCUT2D eigenvalue weighted by Crippen LogP contribution is -2.25. The molecule has 3 rings (SSSR count). The third kappa shape index (κ3) is 3.48. The van der Waals surface area contributed by atoms with Gasteiger partial charge < -0.3 is 10.1 Å². The molecule has 1 atom stereocenters. The molecular formula is C15H21N3OS. The average Bonchev–Trinajstić information content (AvgIpc) is 3.15. The van der Waals surface area contributed by atoms with E-state index in [4.69, 9.17) is 4.74 Å². The summed E-state index contributed by atoms with van der Waals surface area (Å²) < 4.78 is 5.74. The number of H-pyrrole nitrogens is 1. The third-order valence-electron chi connectivity index (χ3n) is 3.72. The standard InChI is InChI=1S/C15H21N3OS/c1-2-8-19-13(4-1)6-7-16-10-12-11-17-18-15(12)14-5-3-9-20-14/h3,5,9,11,13,16H,1-2,4,6-8,10H2,(H,17,18). The second-order valence-corrected chi connectivity index (χ2v) is 6.15. The number of nitrogens with zero attached hydrogens (tertiary/aromatic N) is 1. The fraction of sp³-hybridized carbons (Fsp3) is 0.533. The predicted molar refractivity (Wildman–Crippen MR) is 81.8 cm³/mol. The molecule has 0 amide bonds. The number of aromatic nitrogens is 2. The average molecular weight is 291 g/mol. The van der Waals surface area contributed by atoms with E-state index >= 15 is 0 Å². The molecule has 1 aliphatic rings. The second kappa shape index (κ2) is 7.02. The molecule has 2 aromatic heterocycles. The molecule has 2 aromatic rings. The number of nitrogens with one attached hydrogen (secondary N) is 2. The van der Waals surface area contributed by atoms with Gasteiger partial charge in [0.05, 0.1) is 22.9 Å². The van der Waals surface area contributed by atoms with Crippen LogP contribution in [0.2, 0.25) is 0 Å². The normalized spacial score (nSPS) is 19.3. The molecule has 0 bridgehead atoms. The molecule has 108 valence electrons. The highest BCUT2D eigenvalue weighted by Crippen LogP contribution is 2.25. The molecular weight excluding hydrogens is 270 g/mol. The highest BCUT2D eigenvalue weighted by atomic mass is 32.1. The molecule has 1 saturated heterocycles. The van der Waals surface area contributed by atoms with Gasteiger partial charge in [0.1, 0.15) is 0 Å². The first-order valence-corrected chi connectivity index (χ1v) is 8.20. The van der Waals surface area contributed by atoms with Crippen LogP contribution in [-0.2, 0) is 11.3 Å². The monoisotopic (exact) mass is 291 g/mol. The van der Waals surface area contributed by atoms with E-state index in [1.807, 2.05) is 6.20 Å². The SMILES string of the molecule is c1csc(-c2[nH]ncc2CNCCC2CCCCO2)c1. The van der Waals surface area contributed by atoms with Gasteiger partial charge in [-0.05, 0) is 43.7 Å². The topological polar surface area (TPSA) is 49.9 Å². The molecule has 1 fully saturated rings. The number of aromatic amines is 1. The van der Waals surface area contributed by atoms with Gasteiger partial charge in [0.15, 0.2) is 0 Å². The Morgan fingerprint density at radius 1 is 1.45 bits per heavy atom. The van der Waals surface area contributed by atoms with Crippen LogP contribution < -0.4 is 5.32 Å². The molecule has 20 heavy (non-hydrogen) atoms. The minimum Gasteiger partial charge on any atom is -0.378 e. The summed E-state index contributed by atoms with van der Waals surface area (Å²) in [6, 6.07) is 4.19. The van der Waals surface area contributed by atoms with Crippen LogP contribution in [0.4, 0.5) is 0 Å². The van der Waals surface area contributed by atoms with E-state index < -0.39 is 0 Å². The molecule has 0 saturated carbocycles. The van der Waals surface area contributed by atoms with Gasteiger partial charge in [0.25, 0.3) is 0 Å². The molecule has 3 heterocycles. The maximum Gasteiger partial charge on any atom is 0.0794 e. The molecule has 0 aromatic carbocycles. The maximum atomic E-state index is 5.74. The summed E-state index contributed by atoms with van der Waals surface area (Å²) >= 11 is 1.74. The number of hydrogen-bond donors (Lipinski definition) is 2. The van der Waals surface area contributed by atoms with E-state index in [1.54, 1.807) is 11.3 Å². The van der Waals surface area contributed by atoms with Gasteiger partial charge in [-0.2, -0.15) is 5.10 Å². The van der Waals surface area contributed by atoms with Gasteiger partial charge in [-0.1, -0.05) is 6.07 Å². The number of hydrogen-bond acceptors (Lipinski definition) is 4. The molecule has 4 nitrogen and oxygen atoms in total. The van der Waals surface area contributed by atoms with Crippen molar-refractivity contribution in [3.05, 3.63) is 29.3 Å². The van der Waals surface area contributed by atoms with Crippen LogP contribution in [0.25, 0.3) is 10.6 Å². The largest absolute Gasteiger partial charge is 0.378 e. The maximum absolute atomic E-state index is 5.74. The summed E-state index contributed by atoms with van der Waals surface area (Å²) in [6.07, 6.45) is 7.23. The lowest BCUT2D eigenvalue weighted by atomic mass is 10.1. The fourth-order valence-corrected chi connectivity index (χ4v) is 3.36. The lowest BCUT2D eigenvalue weighted by Gasteiger charge is -2.22. The Morgan fingerprint density at radius 3 is 3.25 bits per heavy atom. The molecule has 0 spiro atoms.